The maximum Gasteiger partial charge on any atom is 0.257 e. The molecule has 0 fully saturated rings. The van der Waals surface area contributed by atoms with Crippen LogP contribution in [0.4, 0.5) is 17.2 Å². The third-order valence-corrected chi connectivity index (χ3v) is 6.04. The van der Waals surface area contributed by atoms with E-state index >= 15 is 0 Å². The van der Waals surface area contributed by atoms with Gasteiger partial charge in [-0.25, -0.2) is 8.42 Å². The fourth-order valence-corrected chi connectivity index (χ4v) is 4.20. The molecule has 0 aliphatic carbocycles. The number of halogens is 1. The number of hydrogen-bond acceptors (Lipinski definition) is 5. The van der Waals surface area contributed by atoms with E-state index in [4.69, 9.17) is 11.6 Å². The van der Waals surface area contributed by atoms with E-state index in [1.54, 1.807) is 79.8 Å². The molecule has 0 radical (unpaired) electrons. The van der Waals surface area contributed by atoms with E-state index in [2.05, 4.69) is 20.5 Å². The van der Waals surface area contributed by atoms with E-state index in [1.165, 1.54) is 10.7 Å². The van der Waals surface area contributed by atoms with Crippen LogP contribution in [0.3, 0.4) is 0 Å². The molecule has 3 N–H and O–H groups in total. The minimum absolute atomic E-state index is 0.282. The van der Waals surface area contributed by atoms with Crippen molar-refractivity contribution in [3.05, 3.63) is 95.0 Å². The summed E-state index contributed by atoms with van der Waals surface area (Å²) in [6.07, 6.45) is 1.04. The molecular formula is C25H22ClN5O4S. The number of hydrogen-bond donors (Lipinski definition) is 3. The number of sulfonamides is 1. The fraction of sp³-hybridized carbons (Fsp3) is 0.0800. The molecule has 0 aliphatic rings. The van der Waals surface area contributed by atoms with Gasteiger partial charge in [0, 0.05) is 35.6 Å². The molecule has 0 saturated heterocycles. The van der Waals surface area contributed by atoms with Crippen molar-refractivity contribution in [2.24, 2.45) is 7.05 Å². The van der Waals surface area contributed by atoms with Gasteiger partial charge in [0.25, 0.3) is 11.8 Å². The zero-order valence-corrected chi connectivity index (χ0v) is 20.9. The average Bonchev–Trinajstić information content (AvgIpc) is 3.19. The molecule has 2 amide bonds. The predicted molar refractivity (Wildman–Crippen MR) is 141 cm³/mol. The quantitative estimate of drug-likeness (QED) is 0.326. The zero-order valence-electron chi connectivity index (χ0n) is 19.3. The Bertz CT molecular complexity index is 1550. The normalized spacial score (nSPS) is 11.1. The largest absolute Gasteiger partial charge is 0.322 e. The number of benzene rings is 3. The predicted octanol–water partition coefficient (Wildman–Crippen LogP) is 4.62. The van der Waals surface area contributed by atoms with Crippen LogP contribution in [-0.4, -0.2) is 36.3 Å². The number of aromatic nitrogens is 2. The van der Waals surface area contributed by atoms with Gasteiger partial charge in [-0.15, -0.1) is 0 Å². The Balaban J connectivity index is 1.46. The molecule has 0 spiro atoms. The molecular weight excluding hydrogens is 502 g/mol. The summed E-state index contributed by atoms with van der Waals surface area (Å²) >= 11 is 6.09. The lowest BCUT2D eigenvalue weighted by atomic mass is 10.1. The van der Waals surface area contributed by atoms with E-state index in [-0.39, 0.29) is 17.2 Å². The Labute approximate surface area is 213 Å². The molecule has 1 heterocycles. The maximum atomic E-state index is 12.7. The van der Waals surface area contributed by atoms with Crippen molar-refractivity contribution in [3.8, 4) is 11.3 Å². The highest BCUT2D eigenvalue weighted by Crippen LogP contribution is 2.24. The van der Waals surface area contributed by atoms with Gasteiger partial charge in [0.15, 0.2) is 0 Å². The second-order valence-corrected chi connectivity index (χ2v) is 10.1. The highest BCUT2D eigenvalue weighted by Gasteiger charge is 2.14. The first-order valence-corrected chi connectivity index (χ1v) is 13.0. The van der Waals surface area contributed by atoms with Gasteiger partial charge in [-0.1, -0.05) is 41.9 Å². The first kappa shape index (κ1) is 25.0. The van der Waals surface area contributed by atoms with Crippen LogP contribution in [0.5, 0.6) is 0 Å². The lowest BCUT2D eigenvalue weighted by Crippen LogP contribution is -2.15. The van der Waals surface area contributed by atoms with Crippen LogP contribution in [0.15, 0.2) is 78.9 Å². The molecule has 11 heteroatoms. The molecule has 1 aromatic heterocycles. The molecule has 4 aromatic rings. The van der Waals surface area contributed by atoms with Gasteiger partial charge < -0.3 is 10.6 Å². The van der Waals surface area contributed by atoms with Crippen LogP contribution in [-0.2, 0) is 17.1 Å². The Kier molecular flexibility index (Phi) is 7.09. The first-order chi connectivity index (χ1) is 17.1. The van der Waals surface area contributed by atoms with Gasteiger partial charge in [0.2, 0.25) is 10.0 Å². The zero-order chi connectivity index (χ0) is 25.9. The lowest BCUT2D eigenvalue weighted by Gasteiger charge is -2.08. The summed E-state index contributed by atoms with van der Waals surface area (Å²) in [6.45, 7) is 0. The van der Waals surface area contributed by atoms with Crippen LogP contribution < -0.4 is 15.4 Å². The summed E-state index contributed by atoms with van der Waals surface area (Å²) < 4.78 is 26.8. The summed E-state index contributed by atoms with van der Waals surface area (Å²) in [7, 11) is -1.77. The Morgan fingerprint density at radius 1 is 0.861 bits per heavy atom. The van der Waals surface area contributed by atoms with Crippen LogP contribution in [0.2, 0.25) is 5.02 Å². The number of nitrogens with zero attached hydrogens (tertiary/aromatic N) is 2. The third-order valence-electron chi connectivity index (χ3n) is 5.11. The van der Waals surface area contributed by atoms with Gasteiger partial charge in [-0.05, 0) is 42.5 Å². The number of carbonyl (C=O) groups is 2. The number of anilines is 3. The van der Waals surface area contributed by atoms with Crippen molar-refractivity contribution in [2.75, 3.05) is 21.6 Å². The molecule has 0 bridgehead atoms. The number of amides is 2. The summed E-state index contributed by atoms with van der Waals surface area (Å²) in [5.41, 5.74) is 2.94. The molecule has 0 saturated carbocycles. The van der Waals surface area contributed by atoms with Crippen molar-refractivity contribution >= 4 is 50.6 Å². The fourth-order valence-electron chi connectivity index (χ4n) is 3.42. The van der Waals surface area contributed by atoms with E-state index in [1.807, 2.05) is 0 Å². The maximum absolute atomic E-state index is 12.7. The second-order valence-electron chi connectivity index (χ2n) is 7.96. The Morgan fingerprint density at radius 2 is 1.58 bits per heavy atom. The van der Waals surface area contributed by atoms with Crippen LogP contribution >= 0.6 is 11.6 Å². The van der Waals surface area contributed by atoms with E-state index in [9.17, 15) is 18.0 Å². The number of rotatable bonds is 7. The summed E-state index contributed by atoms with van der Waals surface area (Å²) in [6, 6.07) is 21.8. The van der Waals surface area contributed by atoms with Crippen molar-refractivity contribution in [2.45, 2.75) is 0 Å². The monoisotopic (exact) mass is 523 g/mol. The Morgan fingerprint density at radius 3 is 2.28 bits per heavy atom. The molecule has 0 atom stereocenters. The minimum atomic E-state index is -3.46. The van der Waals surface area contributed by atoms with Crippen molar-refractivity contribution in [1.29, 1.82) is 0 Å². The van der Waals surface area contributed by atoms with Crippen LogP contribution in [0.25, 0.3) is 11.3 Å². The van der Waals surface area contributed by atoms with Crippen molar-refractivity contribution in [3.63, 3.8) is 0 Å². The molecule has 0 unspecified atom stereocenters. The number of aryl methyl sites for hydroxylation is 1. The van der Waals surface area contributed by atoms with E-state index in [0.717, 1.165) is 11.8 Å². The highest BCUT2D eigenvalue weighted by molar-refractivity contribution is 7.92. The van der Waals surface area contributed by atoms with Crippen LogP contribution in [0, 0.1) is 0 Å². The first-order valence-electron chi connectivity index (χ1n) is 10.7. The molecule has 4 rings (SSSR count). The Hall–Kier alpha value is -4.15. The molecule has 36 heavy (non-hydrogen) atoms. The van der Waals surface area contributed by atoms with Gasteiger partial charge in [0.05, 0.1) is 22.5 Å². The molecule has 9 nitrogen and oxygen atoms in total. The summed E-state index contributed by atoms with van der Waals surface area (Å²) in [5.74, 6) is -0.279. The smallest absolute Gasteiger partial charge is 0.257 e. The molecule has 184 valence electrons. The van der Waals surface area contributed by atoms with Crippen molar-refractivity contribution in [1.82, 2.24) is 9.78 Å². The number of carbonyl (C=O) groups excluding carboxylic acids is 2. The van der Waals surface area contributed by atoms with Crippen molar-refractivity contribution < 1.29 is 18.0 Å². The third kappa shape index (κ3) is 6.09. The van der Waals surface area contributed by atoms with E-state index in [0.29, 0.717) is 27.8 Å². The standard InChI is InChI=1S/C25H22ClN5O4S/c1-31-23(28-24(32)17-6-5-7-19(14-17)30-36(2,34)35)15-22(29-31)16-10-12-18(13-11-16)27-25(33)20-8-3-4-9-21(20)26/h3-15,30H,1-2H3,(H,27,33)(H,28,32). The van der Waals surface area contributed by atoms with Gasteiger partial charge >= 0.3 is 0 Å². The van der Waals surface area contributed by atoms with Gasteiger partial charge in [-0.2, -0.15) is 5.10 Å². The summed E-state index contributed by atoms with van der Waals surface area (Å²) in [5, 5.41) is 10.4. The highest BCUT2D eigenvalue weighted by atomic mass is 35.5. The summed E-state index contributed by atoms with van der Waals surface area (Å²) in [4.78, 5) is 25.2. The van der Waals surface area contributed by atoms with E-state index < -0.39 is 15.9 Å². The molecule has 3 aromatic carbocycles. The SMILES string of the molecule is Cn1nc(-c2ccc(NC(=O)c3ccccc3Cl)cc2)cc1NC(=O)c1cccc(NS(C)(=O)=O)c1. The van der Waals surface area contributed by atoms with Gasteiger partial charge in [0.1, 0.15) is 5.82 Å². The lowest BCUT2D eigenvalue weighted by molar-refractivity contribution is 0.101. The topological polar surface area (TPSA) is 122 Å². The average molecular weight is 524 g/mol. The van der Waals surface area contributed by atoms with Gasteiger partial charge in [-0.3, -0.25) is 19.0 Å². The minimum Gasteiger partial charge on any atom is -0.322 e. The number of nitrogens with one attached hydrogen (secondary N) is 3. The molecule has 0 aliphatic heterocycles. The van der Waals surface area contributed by atoms with Crippen LogP contribution in [0.1, 0.15) is 20.7 Å². The second kappa shape index (κ2) is 10.2.